The number of halogens is 1. The standard InChI is InChI=1S/C25H34FN7O3/c1-5-33(17(3)22(34)13-18-9-11-20(26)12-10-18)15-23(35)16(2)27-25(36)28-21-8-6-7-19(14-21)24-29-30-31-32(24)4/h6-12,14,16-17,22-23,34-35H,5,13,15H2,1-4H3,(H2,27,28,36)/t16-,17+,22+,23+/m1/s1. The summed E-state index contributed by atoms with van der Waals surface area (Å²) in [6.07, 6.45) is -1.20. The minimum Gasteiger partial charge on any atom is -0.391 e. The Labute approximate surface area is 210 Å². The minimum atomic E-state index is -0.868. The van der Waals surface area contributed by atoms with Crippen molar-refractivity contribution >= 4 is 11.7 Å². The number of anilines is 1. The number of aromatic nitrogens is 4. The van der Waals surface area contributed by atoms with Gasteiger partial charge in [-0.3, -0.25) is 4.90 Å². The van der Waals surface area contributed by atoms with Gasteiger partial charge in [-0.2, -0.15) is 0 Å². The molecule has 11 heteroatoms. The molecular formula is C25H34FN7O3. The number of carbonyl (C=O) groups excluding carboxylic acids is 1. The molecule has 3 aromatic rings. The summed E-state index contributed by atoms with van der Waals surface area (Å²) < 4.78 is 14.7. The van der Waals surface area contributed by atoms with Crippen molar-refractivity contribution < 1.29 is 19.4 Å². The van der Waals surface area contributed by atoms with Gasteiger partial charge in [0.05, 0.1) is 18.2 Å². The third-order valence-corrected chi connectivity index (χ3v) is 6.25. The molecule has 2 aromatic carbocycles. The van der Waals surface area contributed by atoms with E-state index in [-0.39, 0.29) is 18.4 Å². The van der Waals surface area contributed by atoms with Crippen molar-refractivity contribution in [1.29, 1.82) is 0 Å². The lowest BCUT2D eigenvalue weighted by Crippen LogP contribution is -2.51. The average Bonchev–Trinajstić information content (AvgIpc) is 3.29. The number of hydrogen-bond donors (Lipinski definition) is 4. The van der Waals surface area contributed by atoms with Gasteiger partial charge in [0.15, 0.2) is 5.82 Å². The number of aryl methyl sites for hydroxylation is 1. The maximum Gasteiger partial charge on any atom is 0.319 e. The van der Waals surface area contributed by atoms with Crippen LogP contribution >= 0.6 is 0 Å². The van der Waals surface area contributed by atoms with Crippen LogP contribution in [0.15, 0.2) is 48.5 Å². The quantitative estimate of drug-likeness (QED) is 0.318. The minimum absolute atomic E-state index is 0.256. The molecule has 10 nitrogen and oxygen atoms in total. The van der Waals surface area contributed by atoms with E-state index < -0.39 is 24.3 Å². The predicted octanol–water partition coefficient (Wildman–Crippen LogP) is 2.20. The van der Waals surface area contributed by atoms with Crippen LogP contribution in [0.4, 0.5) is 14.9 Å². The molecule has 0 spiro atoms. The van der Waals surface area contributed by atoms with Crippen LogP contribution in [0.5, 0.6) is 0 Å². The van der Waals surface area contributed by atoms with E-state index in [0.29, 0.717) is 24.5 Å². The number of aliphatic hydroxyl groups excluding tert-OH is 2. The summed E-state index contributed by atoms with van der Waals surface area (Å²) in [5.41, 5.74) is 2.14. The molecule has 194 valence electrons. The van der Waals surface area contributed by atoms with Gasteiger partial charge in [-0.05, 0) is 67.1 Å². The third kappa shape index (κ3) is 7.30. The lowest BCUT2D eigenvalue weighted by molar-refractivity contribution is 0.0228. The van der Waals surface area contributed by atoms with Crippen LogP contribution in [0, 0.1) is 5.82 Å². The number of tetrazole rings is 1. The van der Waals surface area contributed by atoms with Crippen LogP contribution in [0.2, 0.25) is 0 Å². The first-order valence-electron chi connectivity index (χ1n) is 11.9. The number of nitrogens with zero attached hydrogens (tertiary/aromatic N) is 5. The summed E-state index contributed by atoms with van der Waals surface area (Å²) in [4.78, 5) is 14.5. The van der Waals surface area contributed by atoms with Gasteiger partial charge in [0, 0.05) is 30.9 Å². The largest absolute Gasteiger partial charge is 0.391 e. The molecule has 0 saturated carbocycles. The maximum absolute atomic E-state index is 13.1. The molecule has 0 saturated heterocycles. The molecule has 1 heterocycles. The van der Waals surface area contributed by atoms with Crippen molar-refractivity contribution in [1.82, 2.24) is 30.4 Å². The van der Waals surface area contributed by atoms with E-state index in [0.717, 1.165) is 11.1 Å². The molecule has 0 aliphatic heterocycles. The highest BCUT2D eigenvalue weighted by Crippen LogP contribution is 2.19. The topological polar surface area (TPSA) is 128 Å². The highest BCUT2D eigenvalue weighted by molar-refractivity contribution is 5.90. The van der Waals surface area contributed by atoms with Gasteiger partial charge >= 0.3 is 6.03 Å². The Kier molecular flexibility index (Phi) is 9.45. The van der Waals surface area contributed by atoms with E-state index in [1.807, 2.05) is 24.8 Å². The number of benzene rings is 2. The SMILES string of the molecule is CCN(C[C@H](O)[C@@H](C)NC(=O)Nc1cccc(-c2nnnn2C)c1)[C@@H](C)[C@@H](O)Cc1ccc(F)cc1. The van der Waals surface area contributed by atoms with E-state index in [1.165, 1.54) is 16.8 Å². The first kappa shape index (κ1) is 27.2. The van der Waals surface area contributed by atoms with E-state index in [1.54, 1.807) is 44.3 Å². The van der Waals surface area contributed by atoms with Crippen molar-refractivity contribution in [2.45, 2.75) is 51.5 Å². The van der Waals surface area contributed by atoms with Crippen molar-refractivity contribution in [2.24, 2.45) is 7.05 Å². The second-order valence-corrected chi connectivity index (χ2v) is 8.89. The molecule has 0 aliphatic carbocycles. The molecule has 3 rings (SSSR count). The highest BCUT2D eigenvalue weighted by atomic mass is 19.1. The van der Waals surface area contributed by atoms with E-state index in [9.17, 15) is 19.4 Å². The Hall–Kier alpha value is -3.41. The number of amides is 2. The molecule has 0 radical (unpaired) electrons. The van der Waals surface area contributed by atoms with Crippen LogP contribution in [-0.2, 0) is 13.5 Å². The number of carbonyl (C=O) groups is 1. The van der Waals surface area contributed by atoms with E-state index in [2.05, 4.69) is 26.2 Å². The van der Waals surface area contributed by atoms with Gasteiger partial charge in [-0.25, -0.2) is 13.9 Å². The van der Waals surface area contributed by atoms with Crippen LogP contribution in [0.3, 0.4) is 0 Å². The van der Waals surface area contributed by atoms with Crippen LogP contribution in [0.1, 0.15) is 26.3 Å². The number of rotatable bonds is 11. The summed E-state index contributed by atoms with van der Waals surface area (Å²) in [5.74, 6) is 0.249. The maximum atomic E-state index is 13.1. The second kappa shape index (κ2) is 12.5. The zero-order valence-electron chi connectivity index (χ0n) is 21.0. The molecule has 4 atom stereocenters. The number of nitrogens with one attached hydrogen (secondary N) is 2. The lowest BCUT2D eigenvalue weighted by Gasteiger charge is -2.34. The van der Waals surface area contributed by atoms with Gasteiger partial charge in [0.1, 0.15) is 5.82 Å². The van der Waals surface area contributed by atoms with Crippen molar-refractivity contribution in [3.05, 3.63) is 59.9 Å². The fourth-order valence-electron chi connectivity index (χ4n) is 3.94. The zero-order valence-corrected chi connectivity index (χ0v) is 21.0. The normalized spacial score (nSPS) is 14.8. The second-order valence-electron chi connectivity index (χ2n) is 8.89. The first-order chi connectivity index (χ1) is 17.2. The molecule has 0 unspecified atom stereocenters. The molecular weight excluding hydrogens is 465 g/mol. The van der Waals surface area contributed by atoms with Crippen molar-refractivity contribution in [3.63, 3.8) is 0 Å². The monoisotopic (exact) mass is 499 g/mol. The third-order valence-electron chi connectivity index (χ3n) is 6.25. The number of hydrogen-bond acceptors (Lipinski definition) is 7. The Morgan fingerprint density at radius 1 is 1.14 bits per heavy atom. The number of urea groups is 1. The summed E-state index contributed by atoms with van der Waals surface area (Å²) in [6, 6.07) is 11.9. The van der Waals surface area contributed by atoms with Crippen LogP contribution in [0.25, 0.3) is 11.4 Å². The lowest BCUT2D eigenvalue weighted by atomic mass is 10.0. The van der Waals surface area contributed by atoms with E-state index >= 15 is 0 Å². The van der Waals surface area contributed by atoms with E-state index in [4.69, 9.17) is 0 Å². The van der Waals surface area contributed by atoms with Gasteiger partial charge in [-0.1, -0.05) is 31.2 Å². The molecule has 1 aromatic heterocycles. The van der Waals surface area contributed by atoms with Gasteiger partial charge in [-0.15, -0.1) is 5.10 Å². The Morgan fingerprint density at radius 2 is 1.86 bits per heavy atom. The fraction of sp³-hybridized carbons (Fsp3) is 0.440. The van der Waals surface area contributed by atoms with Crippen molar-refractivity contribution in [3.8, 4) is 11.4 Å². The summed E-state index contributed by atoms with van der Waals surface area (Å²) in [7, 11) is 1.73. The molecule has 4 N–H and O–H groups in total. The Bertz CT molecular complexity index is 1120. The van der Waals surface area contributed by atoms with Gasteiger partial charge < -0.3 is 20.8 Å². The fourth-order valence-corrected chi connectivity index (χ4v) is 3.94. The highest BCUT2D eigenvalue weighted by Gasteiger charge is 2.26. The Balaban J connectivity index is 1.52. The van der Waals surface area contributed by atoms with Crippen LogP contribution < -0.4 is 10.6 Å². The molecule has 0 aliphatic rings. The van der Waals surface area contributed by atoms with Crippen LogP contribution in [-0.4, -0.2) is 78.7 Å². The molecule has 0 bridgehead atoms. The molecule has 36 heavy (non-hydrogen) atoms. The first-order valence-corrected chi connectivity index (χ1v) is 11.9. The number of aliphatic hydroxyl groups is 2. The average molecular weight is 500 g/mol. The van der Waals surface area contributed by atoms with Gasteiger partial charge in [0.2, 0.25) is 0 Å². The van der Waals surface area contributed by atoms with Crippen molar-refractivity contribution in [2.75, 3.05) is 18.4 Å². The summed E-state index contributed by atoms with van der Waals surface area (Å²) in [6.45, 7) is 6.40. The number of likely N-dealkylation sites (N-methyl/N-ethyl adjacent to an activating group) is 1. The van der Waals surface area contributed by atoms with Gasteiger partial charge in [0.25, 0.3) is 0 Å². The predicted molar refractivity (Wildman–Crippen MR) is 135 cm³/mol. The Morgan fingerprint density at radius 3 is 2.50 bits per heavy atom. The summed E-state index contributed by atoms with van der Waals surface area (Å²) in [5, 5.41) is 38.4. The smallest absolute Gasteiger partial charge is 0.319 e. The molecule has 0 fully saturated rings. The summed E-state index contributed by atoms with van der Waals surface area (Å²) >= 11 is 0. The molecule has 2 amide bonds. The zero-order chi connectivity index (χ0) is 26.2.